The molecule has 6 heteroatoms. The van der Waals surface area contributed by atoms with Gasteiger partial charge >= 0.3 is 5.97 Å². The Balaban J connectivity index is 2.68. The van der Waals surface area contributed by atoms with E-state index in [1.54, 1.807) is 38.1 Å². The summed E-state index contributed by atoms with van der Waals surface area (Å²) in [6.45, 7) is 3.71. The molecule has 0 saturated carbocycles. The molecule has 0 bridgehead atoms. The second-order valence-corrected chi connectivity index (χ2v) is 5.51. The van der Waals surface area contributed by atoms with Gasteiger partial charge in [0.15, 0.2) is 0 Å². The average Bonchev–Trinajstić information content (AvgIpc) is 2.47. The number of esters is 1. The number of benzene rings is 1. The van der Waals surface area contributed by atoms with E-state index >= 15 is 0 Å². The van der Waals surface area contributed by atoms with Crippen molar-refractivity contribution >= 4 is 40.6 Å². The summed E-state index contributed by atoms with van der Waals surface area (Å²) in [7, 11) is 0. The molecular weight excluding hydrogens is 320 g/mol. The fourth-order valence-corrected chi connectivity index (χ4v) is 2.97. The van der Waals surface area contributed by atoms with Crippen LogP contribution < -0.4 is 5.32 Å². The second-order valence-electron chi connectivity index (χ2n) is 4.69. The molecule has 0 aliphatic carbocycles. The minimum atomic E-state index is -0.619. The molecule has 0 aromatic heterocycles. The quantitative estimate of drug-likeness (QED) is 0.399. The second kappa shape index (κ2) is 6.88. The number of hydrogen-bond donors (Lipinski definition) is 1. The highest BCUT2D eigenvalue weighted by molar-refractivity contribution is 7.80. The van der Waals surface area contributed by atoms with Gasteiger partial charge in [-0.3, -0.25) is 5.87 Å². The van der Waals surface area contributed by atoms with Crippen LogP contribution in [0.25, 0.3) is 5.41 Å². The summed E-state index contributed by atoms with van der Waals surface area (Å²) < 4.78 is 5.13. The van der Waals surface area contributed by atoms with Gasteiger partial charge < -0.3 is 15.5 Å². The summed E-state index contributed by atoms with van der Waals surface area (Å²) in [6.07, 6.45) is 0. The van der Waals surface area contributed by atoms with Crippen molar-refractivity contribution in [2.75, 3.05) is 6.61 Å². The lowest BCUT2D eigenvalue weighted by Crippen LogP contribution is -2.35. The third-order valence-electron chi connectivity index (χ3n) is 3.36. The van der Waals surface area contributed by atoms with E-state index in [4.69, 9.17) is 28.6 Å². The number of halogens is 1. The Kier molecular flexibility index (Phi) is 5.14. The molecule has 114 valence electrons. The van der Waals surface area contributed by atoms with E-state index in [1.165, 1.54) is 0 Å². The summed E-state index contributed by atoms with van der Waals surface area (Å²) in [4.78, 5) is 12.6. The van der Waals surface area contributed by atoms with Crippen LogP contribution in [0.5, 0.6) is 0 Å². The zero-order valence-electron chi connectivity index (χ0n) is 12.1. The molecule has 22 heavy (non-hydrogen) atoms. The van der Waals surface area contributed by atoms with Gasteiger partial charge in [-0.2, -0.15) is 0 Å². The van der Waals surface area contributed by atoms with Gasteiger partial charge in [0, 0.05) is 16.3 Å². The summed E-state index contributed by atoms with van der Waals surface area (Å²) in [5.74, 6) is 0.991. The van der Waals surface area contributed by atoms with Crippen molar-refractivity contribution in [2.24, 2.45) is 0 Å². The van der Waals surface area contributed by atoms with E-state index in [1.807, 2.05) is 0 Å². The van der Waals surface area contributed by atoms with Gasteiger partial charge in [-0.15, -0.1) is 0 Å². The Hall–Kier alpha value is -1.94. The standard InChI is InChI=1S/C16H14ClN2O2S/c1-3-21-16(20)13-9(2)19-15(22)11(8-18)14(13)10-6-4-5-7-12(10)17/h4-7,14H,3H2,1-2H3,(H,19,22)/q-1. The number of carbonyl (C=O) groups is 1. The molecule has 1 N–H and O–H groups in total. The Morgan fingerprint density at radius 3 is 2.77 bits per heavy atom. The van der Waals surface area contributed by atoms with E-state index < -0.39 is 11.9 Å². The lowest BCUT2D eigenvalue weighted by Gasteiger charge is -2.30. The van der Waals surface area contributed by atoms with Gasteiger partial charge in [0.05, 0.1) is 18.1 Å². The maximum atomic E-state index is 12.3. The molecule has 1 aromatic carbocycles. The van der Waals surface area contributed by atoms with Crippen molar-refractivity contribution in [1.82, 2.24) is 5.32 Å². The van der Waals surface area contributed by atoms with E-state index in [0.29, 0.717) is 26.8 Å². The van der Waals surface area contributed by atoms with Crippen molar-refractivity contribution < 1.29 is 9.53 Å². The monoisotopic (exact) mass is 333 g/mol. The molecule has 1 unspecified atom stereocenters. The summed E-state index contributed by atoms with van der Waals surface area (Å²) in [5.41, 5.74) is 1.89. The van der Waals surface area contributed by atoms with Gasteiger partial charge in [-0.1, -0.05) is 42.0 Å². The fourth-order valence-electron chi connectivity index (χ4n) is 2.41. The molecule has 0 spiro atoms. The van der Waals surface area contributed by atoms with Crippen LogP contribution in [0, 0.1) is 0 Å². The molecule has 1 aromatic rings. The SMILES string of the molecule is CCOC(=O)C1=C(C)NC(=S)C(=C=[N-])C1c1ccccc1Cl. The van der Waals surface area contributed by atoms with Crippen molar-refractivity contribution in [3.05, 3.63) is 57.1 Å². The zero-order chi connectivity index (χ0) is 16.3. The van der Waals surface area contributed by atoms with Crippen LogP contribution in [0.4, 0.5) is 0 Å². The average molecular weight is 334 g/mol. The van der Waals surface area contributed by atoms with Crippen LogP contribution in [0.1, 0.15) is 25.3 Å². The third-order valence-corrected chi connectivity index (χ3v) is 4.03. The molecule has 1 aliphatic rings. The molecule has 1 aliphatic heterocycles. The van der Waals surface area contributed by atoms with Crippen molar-refractivity contribution in [1.29, 1.82) is 0 Å². The van der Waals surface area contributed by atoms with Crippen LogP contribution in [0.15, 0.2) is 41.1 Å². The normalized spacial score (nSPS) is 17.9. The van der Waals surface area contributed by atoms with E-state index in [9.17, 15) is 10.2 Å². The first-order valence-corrected chi connectivity index (χ1v) is 7.50. The fraction of sp³-hybridized carbons (Fsp3) is 0.250. The Bertz CT molecular complexity index is 721. The van der Waals surface area contributed by atoms with Gasteiger partial charge in [0.1, 0.15) is 4.99 Å². The maximum Gasteiger partial charge on any atom is 0.336 e. The first-order chi connectivity index (χ1) is 10.5. The van der Waals surface area contributed by atoms with Crippen LogP contribution in [-0.2, 0) is 9.53 Å². The minimum Gasteiger partial charge on any atom is -0.763 e. The van der Waals surface area contributed by atoms with Crippen molar-refractivity contribution in [2.45, 2.75) is 19.8 Å². The van der Waals surface area contributed by atoms with Crippen LogP contribution in [0.2, 0.25) is 5.02 Å². The summed E-state index contributed by atoms with van der Waals surface area (Å²) in [6, 6.07) is 7.09. The van der Waals surface area contributed by atoms with Crippen LogP contribution in [0.3, 0.4) is 0 Å². The first-order valence-electron chi connectivity index (χ1n) is 6.71. The molecule has 1 heterocycles. The van der Waals surface area contributed by atoms with E-state index in [0.717, 1.165) is 0 Å². The van der Waals surface area contributed by atoms with E-state index in [2.05, 4.69) is 11.2 Å². The zero-order valence-corrected chi connectivity index (χ0v) is 13.7. The number of ether oxygens (including phenoxy) is 1. The lowest BCUT2D eigenvalue weighted by molar-refractivity contribution is -0.138. The molecule has 1 atom stereocenters. The van der Waals surface area contributed by atoms with Crippen LogP contribution in [-0.4, -0.2) is 23.4 Å². The number of carbonyl (C=O) groups excluding carboxylic acids is 1. The molecule has 0 fully saturated rings. The Morgan fingerprint density at radius 1 is 1.50 bits per heavy atom. The van der Waals surface area contributed by atoms with E-state index in [-0.39, 0.29) is 12.2 Å². The van der Waals surface area contributed by atoms with Gasteiger partial charge in [0.25, 0.3) is 0 Å². The largest absolute Gasteiger partial charge is 0.763 e. The number of hydrogen-bond acceptors (Lipinski definition) is 3. The number of allylic oxidation sites excluding steroid dienone is 1. The summed E-state index contributed by atoms with van der Waals surface area (Å²) in [5, 5.41) is 12.8. The van der Waals surface area contributed by atoms with Gasteiger partial charge in [-0.05, 0) is 25.5 Å². The first kappa shape index (κ1) is 16.4. The highest BCUT2D eigenvalue weighted by Gasteiger charge is 2.35. The predicted octanol–water partition coefficient (Wildman–Crippen LogP) is 3.36. The van der Waals surface area contributed by atoms with Crippen LogP contribution >= 0.6 is 23.8 Å². The molecular formula is C16H14ClN2O2S-. The number of nitrogens with one attached hydrogen (secondary N) is 1. The van der Waals surface area contributed by atoms with Gasteiger partial charge in [-0.25, -0.2) is 4.79 Å². The maximum absolute atomic E-state index is 12.3. The topological polar surface area (TPSA) is 60.6 Å². The lowest BCUT2D eigenvalue weighted by atomic mass is 9.81. The van der Waals surface area contributed by atoms with Crippen molar-refractivity contribution in [3.8, 4) is 0 Å². The Morgan fingerprint density at radius 2 is 2.18 bits per heavy atom. The molecule has 4 nitrogen and oxygen atoms in total. The molecule has 0 amide bonds. The number of nitrogens with zero attached hydrogens (tertiary/aromatic N) is 1. The number of thiocarbonyl (C=S) groups is 1. The molecule has 2 rings (SSSR count). The predicted molar refractivity (Wildman–Crippen MR) is 91.1 cm³/mol. The minimum absolute atomic E-state index is 0.247. The van der Waals surface area contributed by atoms with Gasteiger partial charge in [0.2, 0.25) is 0 Å². The third kappa shape index (κ3) is 2.97. The van der Waals surface area contributed by atoms with Crippen molar-refractivity contribution in [3.63, 3.8) is 0 Å². The molecule has 0 radical (unpaired) electrons. The highest BCUT2D eigenvalue weighted by atomic mass is 35.5. The number of rotatable bonds is 3. The molecule has 0 saturated heterocycles. The highest BCUT2D eigenvalue weighted by Crippen LogP contribution is 2.39. The smallest absolute Gasteiger partial charge is 0.336 e. The summed E-state index contributed by atoms with van der Waals surface area (Å²) >= 11 is 11.5. The Labute approximate surface area is 139 Å².